The molecule has 12 heteroatoms. The second-order valence-electron chi connectivity index (χ2n) is 10.2. The van der Waals surface area contributed by atoms with Gasteiger partial charge in [-0.1, -0.05) is 12.8 Å². The maximum Gasteiger partial charge on any atom is 0.419 e. The molecule has 0 unspecified atom stereocenters. The Hall–Kier alpha value is -3.25. The summed E-state index contributed by atoms with van der Waals surface area (Å²) in [6.45, 7) is 2.86. The molecule has 1 aromatic heterocycles. The van der Waals surface area contributed by atoms with E-state index in [-0.39, 0.29) is 48.4 Å². The Kier molecular flexibility index (Phi) is 9.39. The van der Waals surface area contributed by atoms with E-state index in [0.717, 1.165) is 32.1 Å². The molecule has 2 aromatic rings. The monoisotopic (exact) mass is 548 g/mol. The molecular formula is C27H35F3N6O3. The molecule has 1 aliphatic carbocycles. The van der Waals surface area contributed by atoms with Gasteiger partial charge in [0.15, 0.2) is 0 Å². The maximum atomic E-state index is 13.8. The summed E-state index contributed by atoms with van der Waals surface area (Å²) in [6, 6.07) is 6.49. The van der Waals surface area contributed by atoms with Gasteiger partial charge in [-0.15, -0.1) is 0 Å². The highest BCUT2D eigenvalue weighted by molar-refractivity contribution is 5.94. The number of methoxy groups -OCH3 is 1. The lowest BCUT2D eigenvalue weighted by Gasteiger charge is -2.32. The van der Waals surface area contributed by atoms with Gasteiger partial charge in [-0.05, 0) is 56.5 Å². The van der Waals surface area contributed by atoms with Gasteiger partial charge >= 0.3 is 6.18 Å². The minimum absolute atomic E-state index is 0.0342. The van der Waals surface area contributed by atoms with Crippen molar-refractivity contribution < 1.29 is 27.5 Å². The summed E-state index contributed by atoms with van der Waals surface area (Å²) in [5, 5.41) is 5.87. The van der Waals surface area contributed by atoms with Gasteiger partial charge in [-0.25, -0.2) is 9.97 Å². The Labute approximate surface area is 226 Å². The highest BCUT2D eigenvalue weighted by Gasteiger charge is 2.37. The van der Waals surface area contributed by atoms with Crippen molar-refractivity contribution in [3.63, 3.8) is 0 Å². The van der Waals surface area contributed by atoms with E-state index in [1.54, 1.807) is 24.3 Å². The second-order valence-corrected chi connectivity index (χ2v) is 10.2. The van der Waals surface area contributed by atoms with Crippen LogP contribution < -0.4 is 10.6 Å². The molecule has 2 heterocycles. The Balaban J connectivity index is 1.48. The number of carbonyl (C=O) groups is 2. The Morgan fingerprint density at radius 2 is 1.77 bits per heavy atom. The largest absolute Gasteiger partial charge is 0.419 e. The lowest BCUT2D eigenvalue weighted by atomic mass is 9.81. The molecule has 0 radical (unpaired) electrons. The predicted molar refractivity (Wildman–Crippen MR) is 140 cm³/mol. The Morgan fingerprint density at radius 3 is 2.44 bits per heavy atom. The normalized spacial score (nSPS) is 20.5. The number of aromatic nitrogens is 2. The third kappa shape index (κ3) is 7.66. The minimum Gasteiger partial charge on any atom is -0.375 e. The number of nitrogens with zero attached hydrogens (tertiary/aromatic N) is 4. The van der Waals surface area contributed by atoms with Crippen LogP contribution in [0.2, 0.25) is 0 Å². The predicted octanol–water partition coefficient (Wildman–Crippen LogP) is 3.49. The number of amides is 2. The lowest BCUT2D eigenvalue weighted by molar-refractivity contribution is -0.139. The van der Waals surface area contributed by atoms with Gasteiger partial charge in [0.2, 0.25) is 11.9 Å². The van der Waals surface area contributed by atoms with Crippen LogP contribution in [0.3, 0.4) is 0 Å². The molecule has 2 N–H and O–H groups in total. The fourth-order valence-corrected chi connectivity index (χ4v) is 5.16. The summed E-state index contributed by atoms with van der Waals surface area (Å²) in [5.41, 5.74) is 0.101. The zero-order valence-electron chi connectivity index (χ0n) is 22.3. The van der Waals surface area contributed by atoms with Crippen molar-refractivity contribution in [2.24, 2.45) is 5.92 Å². The molecule has 9 nitrogen and oxygen atoms in total. The molecule has 212 valence electrons. The van der Waals surface area contributed by atoms with Gasteiger partial charge in [0.05, 0.1) is 11.3 Å². The third-order valence-corrected chi connectivity index (χ3v) is 7.34. The van der Waals surface area contributed by atoms with Crippen LogP contribution in [0.25, 0.3) is 0 Å². The fourth-order valence-electron chi connectivity index (χ4n) is 5.16. The van der Waals surface area contributed by atoms with Gasteiger partial charge < -0.3 is 25.2 Å². The first-order valence-electron chi connectivity index (χ1n) is 13.2. The number of carbonyl (C=O) groups excluding carboxylic acids is 2. The first-order valence-corrected chi connectivity index (χ1v) is 13.2. The highest BCUT2D eigenvalue weighted by atomic mass is 19.4. The summed E-state index contributed by atoms with van der Waals surface area (Å²) in [4.78, 5) is 37.0. The summed E-state index contributed by atoms with van der Waals surface area (Å²) in [7, 11) is 3.44. The molecule has 2 atom stereocenters. The first-order chi connectivity index (χ1) is 18.6. The highest BCUT2D eigenvalue weighted by Crippen LogP contribution is 2.35. The van der Waals surface area contributed by atoms with Gasteiger partial charge in [-0.3, -0.25) is 9.59 Å². The smallest absolute Gasteiger partial charge is 0.375 e. The summed E-state index contributed by atoms with van der Waals surface area (Å²) in [5.74, 6) is -0.498. The van der Waals surface area contributed by atoms with Crippen LogP contribution in [0, 0.1) is 5.92 Å². The van der Waals surface area contributed by atoms with Gasteiger partial charge in [-0.2, -0.15) is 13.2 Å². The van der Waals surface area contributed by atoms with E-state index in [9.17, 15) is 22.8 Å². The number of piperazine rings is 1. The SMILES string of the molecule is COCC(=O)N[C@H]1CCCC[C@H]1Cc1nc(Nc2ccc(C(=O)N3CCN(C)CC3)cc2)ncc1C(F)(F)F. The second kappa shape index (κ2) is 12.7. The van der Waals surface area contributed by atoms with Crippen molar-refractivity contribution in [3.05, 3.63) is 47.3 Å². The number of halogens is 3. The summed E-state index contributed by atoms with van der Waals surface area (Å²) in [6.07, 6.45) is -0.605. The Bertz CT molecular complexity index is 1140. The van der Waals surface area contributed by atoms with Gasteiger partial charge in [0, 0.05) is 56.8 Å². The molecule has 4 rings (SSSR count). The van der Waals surface area contributed by atoms with Crippen molar-refractivity contribution in [2.45, 2.75) is 44.3 Å². The molecule has 0 spiro atoms. The number of hydrogen-bond acceptors (Lipinski definition) is 7. The van der Waals surface area contributed by atoms with E-state index >= 15 is 0 Å². The van der Waals surface area contributed by atoms with Crippen LogP contribution in [0.4, 0.5) is 24.8 Å². The van der Waals surface area contributed by atoms with Crippen molar-refractivity contribution in [1.29, 1.82) is 0 Å². The number of rotatable bonds is 8. The topological polar surface area (TPSA) is 99.7 Å². The number of ether oxygens (including phenoxy) is 1. The zero-order chi connectivity index (χ0) is 28.0. The number of likely N-dealkylation sites (N-methyl/N-ethyl adjacent to an activating group) is 1. The van der Waals surface area contributed by atoms with Crippen LogP contribution in [-0.4, -0.2) is 84.6 Å². The molecule has 1 aliphatic heterocycles. The average molecular weight is 549 g/mol. The number of nitrogens with one attached hydrogen (secondary N) is 2. The fraction of sp³-hybridized carbons (Fsp3) is 0.556. The van der Waals surface area contributed by atoms with E-state index in [0.29, 0.717) is 37.2 Å². The average Bonchev–Trinajstić information content (AvgIpc) is 2.90. The molecule has 2 amide bonds. The third-order valence-electron chi connectivity index (χ3n) is 7.34. The van der Waals surface area contributed by atoms with Crippen molar-refractivity contribution in [1.82, 2.24) is 25.1 Å². The molecule has 1 saturated heterocycles. The summed E-state index contributed by atoms with van der Waals surface area (Å²) < 4.78 is 46.4. The summed E-state index contributed by atoms with van der Waals surface area (Å²) >= 11 is 0. The van der Waals surface area contributed by atoms with Crippen LogP contribution >= 0.6 is 0 Å². The van der Waals surface area contributed by atoms with Crippen LogP contribution in [0.1, 0.15) is 47.3 Å². The van der Waals surface area contributed by atoms with Crippen LogP contribution in [0.15, 0.2) is 30.5 Å². The van der Waals surface area contributed by atoms with Crippen LogP contribution in [-0.2, 0) is 22.1 Å². The molecule has 1 saturated carbocycles. The molecule has 2 fully saturated rings. The van der Waals surface area contributed by atoms with Gasteiger partial charge in [0.25, 0.3) is 5.91 Å². The number of alkyl halides is 3. The first kappa shape index (κ1) is 28.8. The lowest BCUT2D eigenvalue weighted by Crippen LogP contribution is -2.47. The van der Waals surface area contributed by atoms with Crippen molar-refractivity contribution >= 4 is 23.5 Å². The van der Waals surface area contributed by atoms with Crippen molar-refractivity contribution in [3.8, 4) is 0 Å². The van der Waals surface area contributed by atoms with E-state index in [4.69, 9.17) is 4.74 Å². The molecule has 1 aromatic carbocycles. The maximum absolute atomic E-state index is 13.8. The van der Waals surface area contributed by atoms with E-state index in [1.807, 2.05) is 11.9 Å². The van der Waals surface area contributed by atoms with Crippen LogP contribution in [0.5, 0.6) is 0 Å². The van der Waals surface area contributed by atoms with E-state index in [1.165, 1.54) is 7.11 Å². The quantitative estimate of drug-likeness (QED) is 0.521. The molecular weight excluding hydrogens is 513 g/mol. The standard InChI is InChI=1S/C27H35F3N6O3/c1-35-11-13-36(14-12-35)25(38)18-7-9-20(10-8-18)32-26-31-16-21(27(28,29)30)23(34-26)15-19-5-3-4-6-22(19)33-24(37)17-39-2/h7-10,16,19,22H,3-6,11-15,17H2,1-2H3,(H,33,37)(H,31,32,34)/t19-,22-/m0/s1. The van der Waals surface area contributed by atoms with E-state index in [2.05, 4.69) is 25.5 Å². The van der Waals surface area contributed by atoms with E-state index < -0.39 is 11.7 Å². The molecule has 0 bridgehead atoms. The van der Waals surface area contributed by atoms with Gasteiger partial charge in [0.1, 0.15) is 6.61 Å². The van der Waals surface area contributed by atoms with Crippen molar-refractivity contribution in [2.75, 3.05) is 52.3 Å². The number of anilines is 2. The molecule has 39 heavy (non-hydrogen) atoms. The number of benzene rings is 1. The molecule has 2 aliphatic rings. The zero-order valence-corrected chi connectivity index (χ0v) is 22.3. The Morgan fingerprint density at radius 1 is 1.08 bits per heavy atom. The number of hydrogen-bond donors (Lipinski definition) is 2. The minimum atomic E-state index is -4.61.